The van der Waals surface area contributed by atoms with Crippen molar-refractivity contribution in [2.45, 2.75) is 19.1 Å². The van der Waals surface area contributed by atoms with Crippen LogP contribution in [0.1, 0.15) is 18.9 Å². The fourth-order valence-corrected chi connectivity index (χ4v) is 1.95. The van der Waals surface area contributed by atoms with Crippen LogP contribution >= 0.6 is 0 Å². The molecule has 0 unspecified atom stereocenters. The zero-order valence-electron chi connectivity index (χ0n) is 9.53. The molecular formula is C12H16O4. The molecule has 0 radical (unpaired) electrons. The number of phenolic OH excluding ortho intramolecular Hbond substituents is 1. The maximum Gasteiger partial charge on any atom is 0.194 e. The van der Waals surface area contributed by atoms with E-state index in [2.05, 4.69) is 0 Å². The summed E-state index contributed by atoms with van der Waals surface area (Å²) in [5, 5.41) is 9.60. The molecule has 1 saturated heterocycles. The van der Waals surface area contributed by atoms with Gasteiger partial charge in [0, 0.05) is 18.1 Å². The fraction of sp³-hybridized carbons (Fsp3) is 0.500. The Kier molecular flexibility index (Phi) is 3.03. The normalized spacial score (nSPS) is 18.6. The molecule has 88 valence electrons. The number of methoxy groups -OCH3 is 1. The van der Waals surface area contributed by atoms with Crippen LogP contribution in [0.3, 0.4) is 0 Å². The van der Waals surface area contributed by atoms with Crippen LogP contribution in [0.4, 0.5) is 0 Å². The first kappa shape index (κ1) is 11.2. The second kappa shape index (κ2) is 4.31. The van der Waals surface area contributed by atoms with Crippen LogP contribution in [0.15, 0.2) is 18.2 Å². The van der Waals surface area contributed by atoms with E-state index in [0.717, 1.165) is 5.56 Å². The SMILES string of the molecule is CCC1(c2cc(O)cc(OC)c2)OCCO1. The monoisotopic (exact) mass is 224 g/mol. The number of phenols is 1. The molecule has 1 heterocycles. The number of hydrogen-bond donors (Lipinski definition) is 1. The summed E-state index contributed by atoms with van der Waals surface area (Å²) in [6.07, 6.45) is 0.694. The molecule has 1 fully saturated rings. The van der Waals surface area contributed by atoms with Crippen molar-refractivity contribution in [3.63, 3.8) is 0 Å². The topological polar surface area (TPSA) is 47.9 Å². The first-order valence-electron chi connectivity index (χ1n) is 5.36. The minimum absolute atomic E-state index is 0.154. The Hall–Kier alpha value is -1.26. The molecule has 16 heavy (non-hydrogen) atoms. The Morgan fingerprint density at radius 1 is 1.31 bits per heavy atom. The lowest BCUT2D eigenvalue weighted by Crippen LogP contribution is -2.25. The van der Waals surface area contributed by atoms with Crippen LogP contribution in [0, 0.1) is 0 Å². The number of rotatable bonds is 3. The third-order valence-corrected chi connectivity index (χ3v) is 2.79. The zero-order chi connectivity index (χ0) is 11.6. The van der Waals surface area contributed by atoms with Crippen LogP contribution in [0.25, 0.3) is 0 Å². The van der Waals surface area contributed by atoms with Gasteiger partial charge in [-0.25, -0.2) is 0 Å². The lowest BCUT2D eigenvalue weighted by atomic mass is 10.0. The number of benzene rings is 1. The average Bonchev–Trinajstić information content (AvgIpc) is 2.78. The molecule has 0 aromatic heterocycles. The zero-order valence-corrected chi connectivity index (χ0v) is 9.53. The van der Waals surface area contributed by atoms with Crippen molar-refractivity contribution < 1.29 is 19.3 Å². The minimum atomic E-state index is -0.730. The molecule has 1 aliphatic rings. The van der Waals surface area contributed by atoms with Crippen LogP contribution in [-0.2, 0) is 15.3 Å². The summed E-state index contributed by atoms with van der Waals surface area (Å²) >= 11 is 0. The Labute approximate surface area is 94.8 Å². The van der Waals surface area contributed by atoms with Gasteiger partial charge in [0.25, 0.3) is 0 Å². The Balaban J connectivity index is 2.41. The molecule has 0 bridgehead atoms. The van der Waals surface area contributed by atoms with Crippen molar-refractivity contribution >= 4 is 0 Å². The van der Waals surface area contributed by atoms with Gasteiger partial charge in [-0.2, -0.15) is 0 Å². The second-order valence-electron chi connectivity index (χ2n) is 3.72. The van der Waals surface area contributed by atoms with E-state index in [0.29, 0.717) is 25.4 Å². The maximum atomic E-state index is 9.60. The molecule has 0 amide bonds. The van der Waals surface area contributed by atoms with Crippen molar-refractivity contribution in [1.82, 2.24) is 0 Å². The molecule has 4 nitrogen and oxygen atoms in total. The highest BCUT2D eigenvalue weighted by Crippen LogP contribution is 2.38. The van der Waals surface area contributed by atoms with E-state index in [1.807, 2.05) is 13.0 Å². The first-order chi connectivity index (χ1) is 7.70. The smallest absolute Gasteiger partial charge is 0.194 e. The van der Waals surface area contributed by atoms with Crippen molar-refractivity contribution in [1.29, 1.82) is 0 Å². The van der Waals surface area contributed by atoms with Gasteiger partial charge in [0.1, 0.15) is 11.5 Å². The molecule has 0 saturated carbocycles. The Morgan fingerprint density at radius 3 is 2.56 bits per heavy atom. The van der Waals surface area contributed by atoms with Gasteiger partial charge in [0.15, 0.2) is 5.79 Å². The summed E-state index contributed by atoms with van der Waals surface area (Å²) in [4.78, 5) is 0. The molecule has 0 atom stereocenters. The van der Waals surface area contributed by atoms with E-state index >= 15 is 0 Å². The average molecular weight is 224 g/mol. The van der Waals surface area contributed by atoms with Crippen molar-refractivity contribution in [2.24, 2.45) is 0 Å². The predicted octanol–water partition coefficient (Wildman–Crippen LogP) is 2.01. The Bertz CT molecular complexity index is 369. The summed E-state index contributed by atoms with van der Waals surface area (Å²) < 4.78 is 16.4. The van der Waals surface area contributed by atoms with E-state index in [9.17, 15) is 5.11 Å². The van der Waals surface area contributed by atoms with E-state index in [1.165, 1.54) is 0 Å². The lowest BCUT2D eigenvalue weighted by molar-refractivity contribution is -0.167. The van der Waals surface area contributed by atoms with Gasteiger partial charge in [-0.05, 0) is 12.1 Å². The lowest BCUT2D eigenvalue weighted by Gasteiger charge is -2.26. The molecule has 1 aliphatic heterocycles. The largest absolute Gasteiger partial charge is 0.508 e. The van der Waals surface area contributed by atoms with Gasteiger partial charge in [-0.1, -0.05) is 6.92 Å². The summed E-state index contributed by atoms with van der Waals surface area (Å²) in [7, 11) is 1.56. The van der Waals surface area contributed by atoms with Gasteiger partial charge in [-0.3, -0.25) is 0 Å². The van der Waals surface area contributed by atoms with E-state index in [1.54, 1.807) is 19.2 Å². The maximum absolute atomic E-state index is 9.60. The van der Waals surface area contributed by atoms with Gasteiger partial charge in [-0.15, -0.1) is 0 Å². The fourth-order valence-electron chi connectivity index (χ4n) is 1.95. The van der Waals surface area contributed by atoms with Crippen molar-refractivity contribution in [2.75, 3.05) is 20.3 Å². The van der Waals surface area contributed by atoms with Gasteiger partial charge < -0.3 is 19.3 Å². The molecule has 0 spiro atoms. The van der Waals surface area contributed by atoms with Gasteiger partial charge in [0.05, 0.1) is 20.3 Å². The number of ether oxygens (including phenoxy) is 3. The third-order valence-electron chi connectivity index (χ3n) is 2.79. The van der Waals surface area contributed by atoms with Crippen LogP contribution in [0.2, 0.25) is 0 Å². The molecule has 4 heteroatoms. The van der Waals surface area contributed by atoms with Crippen LogP contribution in [0.5, 0.6) is 11.5 Å². The van der Waals surface area contributed by atoms with E-state index < -0.39 is 5.79 Å². The van der Waals surface area contributed by atoms with E-state index in [-0.39, 0.29) is 5.75 Å². The minimum Gasteiger partial charge on any atom is -0.508 e. The van der Waals surface area contributed by atoms with Gasteiger partial charge in [0.2, 0.25) is 0 Å². The molecular weight excluding hydrogens is 208 g/mol. The summed E-state index contributed by atoms with van der Waals surface area (Å²) in [6, 6.07) is 5.04. The van der Waals surface area contributed by atoms with Crippen molar-refractivity contribution in [3.05, 3.63) is 23.8 Å². The molecule has 1 N–H and O–H groups in total. The third kappa shape index (κ3) is 1.86. The van der Waals surface area contributed by atoms with Crippen LogP contribution in [-0.4, -0.2) is 25.4 Å². The summed E-state index contributed by atoms with van der Waals surface area (Å²) in [5.41, 5.74) is 0.796. The predicted molar refractivity (Wildman–Crippen MR) is 58.5 cm³/mol. The van der Waals surface area contributed by atoms with E-state index in [4.69, 9.17) is 14.2 Å². The van der Waals surface area contributed by atoms with Crippen LogP contribution < -0.4 is 4.74 Å². The highest BCUT2D eigenvalue weighted by atomic mass is 16.7. The Morgan fingerprint density at radius 2 is 2.00 bits per heavy atom. The first-order valence-corrected chi connectivity index (χ1v) is 5.36. The molecule has 1 aromatic carbocycles. The standard InChI is InChI=1S/C12H16O4/c1-3-12(15-4-5-16-12)9-6-10(13)8-11(7-9)14-2/h6-8,13H,3-5H2,1-2H3. The summed E-state index contributed by atoms with van der Waals surface area (Å²) in [5.74, 6) is 0.0228. The molecule has 1 aromatic rings. The highest BCUT2D eigenvalue weighted by molar-refractivity contribution is 5.39. The number of aromatic hydroxyl groups is 1. The van der Waals surface area contributed by atoms with Gasteiger partial charge >= 0.3 is 0 Å². The molecule has 0 aliphatic carbocycles. The highest BCUT2D eigenvalue weighted by Gasteiger charge is 2.37. The molecule has 2 rings (SSSR count). The quantitative estimate of drug-likeness (QED) is 0.853. The second-order valence-corrected chi connectivity index (χ2v) is 3.72. The summed E-state index contributed by atoms with van der Waals surface area (Å²) in [6.45, 7) is 3.14. The van der Waals surface area contributed by atoms with Crippen molar-refractivity contribution in [3.8, 4) is 11.5 Å². The number of hydrogen-bond acceptors (Lipinski definition) is 4.